The highest BCUT2D eigenvalue weighted by Gasteiger charge is 2.25. The van der Waals surface area contributed by atoms with Gasteiger partial charge in [0.15, 0.2) is 11.5 Å². The van der Waals surface area contributed by atoms with Crippen molar-refractivity contribution < 1.29 is 31.8 Å². The molecule has 1 aliphatic carbocycles. The standard InChI is InChI=1S/C17H18F4N2O3S/c18-16(19)25-11-5-8-6-14(27-13(8)7-12(11)26-17(20)21)15(24)23-10-4-2-1-3-9(10)22/h5-7,9-10,16-17H,1-4,22H2,(H,23,24). The fourth-order valence-electron chi connectivity index (χ4n) is 3.11. The number of hydrogen-bond acceptors (Lipinski definition) is 5. The SMILES string of the molecule is NC1CCCCC1NC(=O)c1cc2cc(OC(F)F)c(OC(F)F)cc2s1. The first-order valence-corrected chi connectivity index (χ1v) is 9.19. The molecule has 0 bridgehead atoms. The van der Waals surface area contributed by atoms with Gasteiger partial charge in [0.05, 0.1) is 4.88 Å². The molecule has 1 heterocycles. The number of thiophene rings is 1. The lowest BCUT2D eigenvalue weighted by molar-refractivity contribution is -0.0690. The van der Waals surface area contributed by atoms with E-state index >= 15 is 0 Å². The second kappa shape index (κ2) is 8.30. The monoisotopic (exact) mass is 406 g/mol. The summed E-state index contributed by atoms with van der Waals surface area (Å²) >= 11 is 1.04. The predicted molar refractivity (Wildman–Crippen MR) is 92.8 cm³/mol. The van der Waals surface area contributed by atoms with Crippen LogP contribution in [-0.2, 0) is 0 Å². The summed E-state index contributed by atoms with van der Waals surface area (Å²) in [6.07, 6.45) is 3.63. The fraction of sp³-hybridized carbons (Fsp3) is 0.471. The predicted octanol–water partition coefficient (Wildman–Crippen LogP) is 4.10. The summed E-state index contributed by atoms with van der Waals surface area (Å²) in [5, 5.41) is 3.30. The van der Waals surface area contributed by atoms with Crippen molar-refractivity contribution in [2.75, 3.05) is 0 Å². The Balaban J connectivity index is 1.85. The zero-order valence-corrected chi connectivity index (χ0v) is 14.9. The molecule has 0 radical (unpaired) electrons. The van der Waals surface area contributed by atoms with Crippen LogP contribution < -0.4 is 20.5 Å². The van der Waals surface area contributed by atoms with Crippen LogP contribution in [0, 0.1) is 0 Å². The Bertz CT molecular complexity index is 768. The van der Waals surface area contributed by atoms with Gasteiger partial charge in [0.25, 0.3) is 5.91 Å². The van der Waals surface area contributed by atoms with Crippen molar-refractivity contribution in [2.24, 2.45) is 5.73 Å². The van der Waals surface area contributed by atoms with E-state index in [9.17, 15) is 22.4 Å². The molecule has 1 amide bonds. The number of ether oxygens (including phenoxy) is 2. The van der Waals surface area contributed by atoms with Crippen molar-refractivity contribution in [3.63, 3.8) is 0 Å². The minimum absolute atomic E-state index is 0.117. The van der Waals surface area contributed by atoms with Crippen LogP contribution in [0.3, 0.4) is 0 Å². The lowest BCUT2D eigenvalue weighted by atomic mass is 9.91. The minimum atomic E-state index is -3.20. The lowest BCUT2D eigenvalue weighted by Gasteiger charge is -2.29. The molecule has 148 valence electrons. The van der Waals surface area contributed by atoms with Crippen LogP contribution in [0.1, 0.15) is 35.4 Å². The molecule has 2 aromatic rings. The maximum absolute atomic E-state index is 12.5. The number of hydrogen-bond donors (Lipinski definition) is 2. The Morgan fingerprint density at radius 2 is 1.70 bits per heavy atom. The molecule has 27 heavy (non-hydrogen) atoms. The van der Waals surface area contributed by atoms with Gasteiger partial charge in [-0.05, 0) is 30.4 Å². The molecule has 0 saturated heterocycles. The van der Waals surface area contributed by atoms with E-state index in [1.807, 2.05) is 0 Å². The van der Waals surface area contributed by atoms with Gasteiger partial charge in [-0.15, -0.1) is 11.3 Å². The van der Waals surface area contributed by atoms with Crippen molar-refractivity contribution in [1.82, 2.24) is 5.32 Å². The van der Waals surface area contributed by atoms with Gasteiger partial charge in [-0.1, -0.05) is 12.8 Å². The molecule has 2 atom stereocenters. The Kier molecular flexibility index (Phi) is 6.05. The summed E-state index contributed by atoms with van der Waals surface area (Å²) < 4.78 is 59.1. The van der Waals surface area contributed by atoms with Gasteiger partial charge in [-0.2, -0.15) is 17.6 Å². The van der Waals surface area contributed by atoms with Gasteiger partial charge in [-0.3, -0.25) is 4.79 Å². The van der Waals surface area contributed by atoms with Crippen molar-refractivity contribution in [2.45, 2.75) is 51.0 Å². The quantitative estimate of drug-likeness (QED) is 0.709. The molecule has 0 spiro atoms. The summed E-state index contributed by atoms with van der Waals surface area (Å²) in [6.45, 7) is -6.39. The van der Waals surface area contributed by atoms with Crippen LogP contribution in [0.2, 0.25) is 0 Å². The zero-order chi connectivity index (χ0) is 19.6. The van der Waals surface area contributed by atoms with E-state index in [1.165, 1.54) is 6.07 Å². The number of carbonyl (C=O) groups is 1. The second-order valence-corrected chi connectivity index (χ2v) is 7.32. The number of carbonyl (C=O) groups excluding carboxylic acids is 1. The largest absolute Gasteiger partial charge is 0.431 e. The number of nitrogens with two attached hydrogens (primary N) is 1. The maximum Gasteiger partial charge on any atom is 0.387 e. The van der Waals surface area contributed by atoms with E-state index in [2.05, 4.69) is 14.8 Å². The van der Waals surface area contributed by atoms with Gasteiger partial charge in [0.1, 0.15) is 0 Å². The van der Waals surface area contributed by atoms with Gasteiger partial charge < -0.3 is 20.5 Å². The fourth-order valence-corrected chi connectivity index (χ4v) is 4.09. The van der Waals surface area contributed by atoms with Crippen LogP contribution >= 0.6 is 11.3 Å². The molecule has 3 rings (SSSR count). The Morgan fingerprint density at radius 3 is 2.33 bits per heavy atom. The molecule has 1 saturated carbocycles. The van der Waals surface area contributed by atoms with Crippen molar-refractivity contribution in [1.29, 1.82) is 0 Å². The zero-order valence-electron chi connectivity index (χ0n) is 14.1. The van der Waals surface area contributed by atoms with E-state index in [0.29, 0.717) is 15.0 Å². The minimum Gasteiger partial charge on any atom is -0.431 e. The number of fused-ring (bicyclic) bond motifs is 1. The molecule has 5 nitrogen and oxygen atoms in total. The Labute approximate surface area is 156 Å². The van der Waals surface area contributed by atoms with Gasteiger partial charge in [0.2, 0.25) is 0 Å². The van der Waals surface area contributed by atoms with Gasteiger partial charge in [0, 0.05) is 22.8 Å². The van der Waals surface area contributed by atoms with Crippen LogP contribution in [0.25, 0.3) is 10.1 Å². The summed E-state index contributed by atoms with van der Waals surface area (Å²) in [5.74, 6) is -1.37. The van der Waals surface area contributed by atoms with Gasteiger partial charge >= 0.3 is 13.2 Å². The number of alkyl halides is 4. The lowest BCUT2D eigenvalue weighted by Crippen LogP contribution is -2.49. The first-order chi connectivity index (χ1) is 12.8. The molecular formula is C17H18F4N2O3S. The van der Waals surface area contributed by atoms with Crippen molar-refractivity contribution >= 4 is 27.3 Å². The summed E-state index contributed by atoms with van der Waals surface area (Å²) in [5.41, 5.74) is 6.03. The van der Waals surface area contributed by atoms with E-state index in [0.717, 1.165) is 49.2 Å². The smallest absolute Gasteiger partial charge is 0.387 e. The third-order valence-electron chi connectivity index (χ3n) is 4.37. The third-order valence-corrected chi connectivity index (χ3v) is 5.47. The molecule has 0 aliphatic heterocycles. The van der Waals surface area contributed by atoms with Gasteiger partial charge in [-0.25, -0.2) is 0 Å². The first kappa shape index (κ1) is 19.7. The average molecular weight is 406 g/mol. The number of nitrogens with one attached hydrogen (secondary N) is 1. The van der Waals surface area contributed by atoms with Crippen molar-refractivity contribution in [3.8, 4) is 11.5 Å². The molecule has 1 aromatic carbocycles. The maximum atomic E-state index is 12.5. The first-order valence-electron chi connectivity index (χ1n) is 8.37. The summed E-state index contributed by atoms with van der Waals surface area (Å²) in [7, 11) is 0. The number of rotatable bonds is 6. The third kappa shape index (κ3) is 4.81. The van der Waals surface area contributed by atoms with E-state index in [1.54, 1.807) is 0 Å². The van der Waals surface area contributed by atoms with Crippen LogP contribution in [-0.4, -0.2) is 31.2 Å². The highest BCUT2D eigenvalue weighted by atomic mass is 32.1. The molecule has 1 aliphatic rings. The summed E-state index contributed by atoms with van der Waals surface area (Å²) in [6, 6.07) is 3.56. The Morgan fingerprint density at radius 1 is 1.07 bits per heavy atom. The summed E-state index contributed by atoms with van der Waals surface area (Å²) in [4.78, 5) is 12.8. The molecule has 2 unspecified atom stereocenters. The number of halogens is 4. The topological polar surface area (TPSA) is 73.6 Å². The molecule has 3 N–H and O–H groups in total. The van der Waals surface area contributed by atoms with Crippen LogP contribution in [0.15, 0.2) is 18.2 Å². The molecule has 1 fully saturated rings. The second-order valence-electron chi connectivity index (χ2n) is 6.23. The van der Waals surface area contributed by atoms with Crippen LogP contribution in [0.4, 0.5) is 17.6 Å². The average Bonchev–Trinajstić information content (AvgIpc) is 2.99. The molecule has 10 heteroatoms. The highest BCUT2D eigenvalue weighted by molar-refractivity contribution is 7.20. The normalized spacial score (nSPS) is 20.3. The molecular weight excluding hydrogens is 388 g/mol. The van der Waals surface area contributed by atoms with Crippen LogP contribution in [0.5, 0.6) is 11.5 Å². The van der Waals surface area contributed by atoms with E-state index < -0.39 is 24.7 Å². The number of amides is 1. The Hall–Kier alpha value is -2.07. The number of benzene rings is 1. The van der Waals surface area contributed by atoms with Crippen molar-refractivity contribution in [3.05, 3.63) is 23.1 Å². The molecule has 1 aromatic heterocycles. The van der Waals surface area contributed by atoms with E-state index in [4.69, 9.17) is 5.73 Å². The highest BCUT2D eigenvalue weighted by Crippen LogP contribution is 2.38. The van der Waals surface area contributed by atoms with E-state index in [-0.39, 0.29) is 18.0 Å².